The van der Waals surface area contributed by atoms with Gasteiger partial charge in [0.05, 0.1) is 22.5 Å². The molecule has 0 bridgehead atoms. The van der Waals surface area contributed by atoms with Crippen LogP contribution in [0.2, 0.25) is 0 Å². The molecule has 3 aromatic rings. The Balaban J connectivity index is 1.88. The van der Waals surface area contributed by atoms with Crippen molar-refractivity contribution in [3.8, 4) is 11.4 Å². The maximum absolute atomic E-state index is 13.5. The van der Waals surface area contributed by atoms with Gasteiger partial charge in [-0.3, -0.25) is 14.3 Å². The molecule has 5 rings (SSSR count). The number of cyclic esters (lactones) is 1. The van der Waals surface area contributed by atoms with E-state index >= 15 is 0 Å². The Kier molecular flexibility index (Phi) is 3.72. The fraction of sp³-hybridized carbons (Fsp3) is 0.318. The minimum absolute atomic E-state index is 0.122. The normalized spacial score (nSPS) is 22.4. The van der Waals surface area contributed by atoms with Crippen molar-refractivity contribution in [2.75, 3.05) is 14.1 Å². The zero-order chi connectivity index (χ0) is 20.5. The molecule has 7 nitrogen and oxygen atoms in total. The summed E-state index contributed by atoms with van der Waals surface area (Å²) < 4.78 is 6.84. The molecule has 0 radical (unpaired) electrons. The number of benzene rings is 1. The number of aliphatic hydroxyl groups is 1. The van der Waals surface area contributed by atoms with Gasteiger partial charge in [0.1, 0.15) is 12.8 Å². The minimum Gasteiger partial charge on any atom is -0.458 e. The highest BCUT2D eigenvalue weighted by atomic mass is 16.6. The first-order chi connectivity index (χ1) is 13.9. The molecule has 1 unspecified atom stereocenters. The average Bonchev–Trinajstić information content (AvgIpc) is 3.03. The molecule has 148 valence electrons. The molecule has 0 saturated heterocycles. The number of fused-ring (bicyclic) bond motifs is 5. The molecular formula is C22H21N3O4. The van der Waals surface area contributed by atoms with E-state index in [1.54, 1.807) is 17.6 Å². The monoisotopic (exact) mass is 391 g/mol. The SMILES string of the molecule is CC[C@@]1(O)C(=O)OCc2c1cc1n(c2=O)C(N(C)C)c2cc3ccccc3nc2-1. The van der Waals surface area contributed by atoms with Crippen molar-refractivity contribution in [2.45, 2.75) is 31.7 Å². The van der Waals surface area contributed by atoms with Crippen LogP contribution in [0.3, 0.4) is 0 Å². The van der Waals surface area contributed by atoms with Crippen LogP contribution in [0, 0.1) is 0 Å². The molecule has 2 atom stereocenters. The first kappa shape index (κ1) is 18.0. The lowest BCUT2D eigenvalue weighted by atomic mass is 9.86. The van der Waals surface area contributed by atoms with E-state index in [4.69, 9.17) is 9.72 Å². The second-order valence-electron chi connectivity index (χ2n) is 7.84. The highest BCUT2D eigenvalue weighted by molar-refractivity contribution is 5.86. The Morgan fingerprint density at radius 1 is 1.28 bits per heavy atom. The number of esters is 1. The molecule has 0 saturated carbocycles. The van der Waals surface area contributed by atoms with Gasteiger partial charge in [0, 0.05) is 16.5 Å². The Morgan fingerprint density at radius 3 is 2.76 bits per heavy atom. The molecule has 7 heteroatoms. The maximum Gasteiger partial charge on any atom is 0.343 e. The molecule has 2 aliphatic heterocycles. The van der Waals surface area contributed by atoms with Crippen molar-refractivity contribution in [1.82, 2.24) is 14.5 Å². The number of carbonyl (C=O) groups excluding carboxylic acids is 1. The molecule has 29 heavy (non-hydrogen) atoms. The quantitative estimate of drug-likeness (QED) is 0.674. The van der Waals surface area contributed by atoms with Crippen molar-refractivity contribution >= 4 is 16.9 Å². The Hall–Kier alpha value is -3.03. The van der Waals surface area contributed by atoms with Crippen LogP contribution in [0.4, 0.5) is 0 Å². The summed E-state index contributed by atoms with van der Waals surface area (Å²) in [5.41, 5.74) is 1.60. The van der Waals surface area contributed by atoms with E-state index in [0.717, 1.165) is 16.5 Å². The topological polar surface area (TPSA) is 84.7 Å². The fourth-order valence-electron chi connectivity index (χ4n) is 4.48. The minimum atomic E-state index is -1.82. The number of pyridine rings is 2. The smallest absolute Gasteiger partial charge is 0.343 e. The summed E-state index contributed by atoms with van der Waals surface area (Å²) >= 11 is 0. The summed E-state index contributed by atoms with van der Waals surface area (Å²) in [5, 5.41) is 12.0. The second-order valence-corrected chi connectivity index (χ2v) is 7.84. The first-order valence-electron chi connectivity index (χ1n) is 9.61. The maximum atomic E-state index is 13.5. The Morgan fingerprint density at radius 2 is 2.03 bits per heavy atom. The predicted octanol–water partition coefficient (Wildman–Crippen LogP) is 2.14. The number of para-hydroxylation sites is 1. The number of carbonyl (C=O) groups is 1. The molecule has 4 heterocycles. The summed E-state index contributed by atoms with van der Waals surface area (Å²) in [6, 6.07) is 11.6. The van der Waals surface area contributed by atoms with Gasteiger partial charge in [0.2, 0.25) is 0 Å². The summed E-state index contributed by atoms with van der Waals surface area (Å²) in [4.78, 5) is 32.6. The number of ether oxygens (including phenoxy) is 1. The third kappa shape index (κ3) is 2.28. The molecule has 2 aromatic heterocycles. The fourth-order valence-corrected chi connectivity index (χ4v) is 4.48. The van der Waals surface area contributed by atoms with Crippen LogP contribution in [0.5, 0.6) is 0 Å². The number of hydrogen-bond acceptors (Lipinski definition) is 6. The molecule has 1 N–H and O–H groups in total. The van der Waals surface area contributed by atoms with Gasteiger partial charge in [-0.05, 0) is 38.7 Å². The van der Waals surface area contributed by atoms with E-state index in [9.17, 15) is 14.7 Å². The van der Waals surface area contributed by atoms with Crippen LogP contribution >= 0.6 is 0 Å². The third-order valence-electron chi connectivity index (χ3n) is 5.99. The van der Waals surface area contributed by atoms with Crippen LogP contribution in [0.15, 0.2) is 41.2 Å². The van der Waals surface area contributed by atoms with E-state index in [0.29, 0.717) is 22.5 Å². The van der Waals surface area contributed by atoms with Crippen LogP contribution in [-0.4, -0.2) is 39.6 Å². The lowest BCUT2D eigenvalue weighted by Crippen LogP contribution is -2.45. The van der Waals surface area contributed by atoms with Crippen molar-refractivity contribution in [3.05, 3.63) is 63.4 Å². The van der Waals surface area contributed by atoms with Crippen molar-refractivity contribution in [1.29, 1.82) is 0 Å². The molecule has 0 spiro atoms. The van der Waals surface area contributed by atoms with E-state index in [1.165, 1.54) is 0 Å². The van der Waals surface area contributed by atoms with Crippen LogP contribution in [0.1, 0.15) is 36.2 Å². The highest BCUT2D eigenvalue weighted by Gasteiger charge is 2.46. The molecular weight excluding hydrogens is 370 g/mol. The Bertz CT molecular complexity index is 1250. The zero-order valence-electron chi connectivity index (χ0n) is 16.5. The molecule has 0 amide bonds. The molecule has 0 fully saturated rings. The van der Waals surface area contributed by atoms with Gasteiger partial charge in [-0.1, -0.05) is 25.1 Å². The number of nitrogens with zero attached hydrogens (tertiary/aromatic N) is 3. The summed E-state index contributed by atoms with van der Waals surface area (Å²) in [6.07, 6.45) is -0.209. The van der Waals surface area contributed by atoms with Crippen LogP contribution in [-0.2, 0) is 21.7 Å². The van der Waals surface area contributed by atoms with Crippen molar-refractivity contribution < 1.29 is 14.6 Å². The molecule has 2 aliphatic rings. The zero-order valence-corrected chi connectivity index (χ0v) is 16.5. The van der Waals surface area contributed by atoms with E-state index < -0.39 is 11.6 Å². The largest absolute Gasteiger partial charge is 0.458 e. The molecule has 1 aromatic carbocycles. The molecule has 0 aliphatic carbocycles. The van der Waals surface area contributed by atoms with Gasteiger partial charge in [-0.25, -0.2) is 9.78 Å². The lowest BCUT2D eigenvalue weighted by Gasteiger charge is -2.32. The van der Waals surface area contributed by atoms with Gasteiger partial charge in [0.25, 0.3) is 5.56 Å². The van der Waals surface area contributed by atoms with Crippen LogP contribution < -0.4 is 5.56 Å². The van der Waals surface area contributed by atoms with Gasteiger partial charge in [-0.15, -0.1) is 0 Å². The number of rotatable bonds is 2. The summed E-state index contributed by atoms with van der Waals surface area (Å²) in [5.74, 6) is -0.717. The van der Waals surface area contributed by atoms with Gasteiger partial charge < -0.3 is 9.84 Å². The summed E-state index contributed by atoms with van der Waals surface area (Å²) in [7, 11) is 3.82. The number of hydrogen-bond donors (Lipinski definition) is 1. The lowest BCUT2D eigenvalue weighted by molar-refractivity contribution is -0.172. The van der Waals surface area contributed by atoms with E-state index in [1.807, 2.05) is 43.3 Å². The third-order valence-corrected chi connectivity index (χ3v) is 5.99. The van der Waals surface area contributed by atoms with Crippen LogP contribution in [0.25, 0.3) is 22.3 Å². The van der Waals surface area contributed by atoms with E-state index in [2.05, 4.69) is 6.07 Å². The average molecular weight is 391 g/mol. The van der Waals surface area contributed by atoms with Crippen molar-refractivity contribution in [3.63, 3.8) is 0 Å². The van der Waals surface area contributed by atoms with Gasteiger partial charge in [-0.2, -0.15) is 0 Å². The van der Waals surface area contributed by atoms with Gasteiger partial charge >= 0.3 is 5.97 Å². The predicted molar refractivity (Wildman–Crippen MR) is 107 cm³/mol. The first-order valence-corrected chi connectivity index (χ1v) is 9.61. The van der Waals surface area contributed by atoms with E-state index in [-0.39, 0.29) is 24.8 Å². The number of aromatic nitrogens is 2. The highest BCUT2D eigenvalue weighted by Crippen LogP contribution is 2.43. The second kappa shape index (κ2) is 5.98. The van der Waals surface area contributed by atoms with Gasteiger partial charge in [0.15, 0.2) is 5.60 Å². The summed E-state index contributed by atoms with van der Waals surface area (Å²) in [6.45, 7) is 1.56. The standard InChI is InChI=1S/C22H21N3O4/c1-4-22(28)15-10-17-18-13(9-12-7-5-6-8-16(12)23-18)19(24(2)3)25(17)20(26)14(15)11-29-21(22)27/h5-10,19,28H,4,11H2,1-3H3/t19?,22-/m0/s1. The van der Waals surface area contributed by atoms with Crippen molar-refractivity contribution in [2.24, 2.45) is 0 Å². The Labute approximate surface area is 167 Å².